The van der Waals surface area contributed by atoms with E-state index in [0.717, 1.165) is 69.9 Å². The molecule has 202 valence electrons. The van der Waals surface area contributed by atoms with Crippen LogP contribution in [0.5, 0.6) is 0 Å². The van der Waals surface area contributed by atoms with Crippen molar-refractivity contribution in [2.75, 3.05) is 32.7 Å². The van der Waals surface area contributed by atoms with Crippen molar-refractivity contribution in [1.82, 2.24) is 9.80 Å². The Kier molecular flexibility index (Phi) is 9.99. The molecule has 37 heavy (non-hydrogen) atoms. The molecule has 0 radical (unpaired) electrons. The zero-order valence-electron chi connectivity index (χ0n) is 21.8. The first kappa shape index (κ1) is 28.0. The summed E-state index contributed by atoms with van der Waals surface area (Å²) >= 11 is -0.0783. The summed E-state index contributed by atoms with van der Waals surface area (Å²) in [5.41, 5.74) is -0.474. The van der Waals surface area contributed by atoms with Gasteiger partial charge in [-0.2, -0.15) is 13.2 Å². The number of halogens is 3. The molecule has 0 aliphatic carbocycles. The van der Waals surface area contributed by atoms with Crippen molar-refractivity contribution in [3.63, 3.8) is 0 Å². The van der Waals surface area contributed by atoms with Gasteiger partial charge >= 0.3 is 5.51 Å². The molecule has 0 saturated carbocycles. The minimum atomic E-state index is -4.26. The fourth-order valence-corrected chi connectivity index (χ4v) is 6.24. The Bertz CT molecular complexity index is 985. The number of hydrogen-bond donors (Lipinski definition) is 0. The van der Waals surface area contributed by atoms with Gasteiger partial charge < -0.3 is 9.80 Å². The van der Waals surface area contributed by atoms with E-state index in [1.807, 2.05) is 4.90 Å². The van der Waals surface area contributed by atoms with Crippen LogP contribution in [0.2, 0.25) is 0 Å². The summed E-state index contributed by atoms with van der Waals surface area (Å²) in [5, 5.41) is 0. The number of alkyl halides is 3. The number of benzene rings is 2. The monoisotopic (exact) mass is 532 g/mol. The lowest BCUT2D eigenvalue weighted by Crippen LogP contribution is -2.41. The predicted octanol–water partition coefficient (Wildman–Crippen LogP) is 7.12. The molecule has 0 aromatic heterocycles. The third-order valence-corrected chi connectivity index (χ3v) is 8.51. The Morgan fingerprint density at radius 3 is 2.16 bits per heavy atom. The number of hydrogen-bond acceptors (Lipinski definition) is 3. The molecule has 2 aromatic rings. The molecule has 2 aliphatic rings. The van der Waals surface area contributed by atoms with Crippen LogP contribution in [0.4, 0.5) is 13.2 Å². The molecule has 1 amide bonds. The lowest BCUT2D eigenvalue weighted by atomic mass is 9.90. The third-order valence-electron chi connectivity index (χ3n) is 7.77. The van der Waals surface area contributed by atoms with Crippen molar-refractivity contribution in [3.8, 4) is 0 Å². The van der Waals surface area contributed by atoms with Gasteiger partial charge in [0.2, 0.25) is 5.91 Å². The molecule has 7 heteroatoms. The molecule has 4 rings (SSSR count). The van der Waals surface area contributed by atoms with Gasteiger partial charge in [-0.1, -0.05) is 42.0 Å². The van der Waals surface area contributed by atoms with Gasteiger partial charge in [0.25, 0.3) is 0 Å². The highest BCUT2D eigenvalue weighted by Crippen LogP contribution is 2.37. The number of likely N-dealkylation sites (tertiary alicyclic amines) is 2. The minimum absolute atomic E-state index is 0.0783. The Morgan fingerprint density at radius 1 is 0.892 bits per heavy atom. The zero-order valence-corrected chi connectivity index (χ0v) is 22.6. The van der Waals surface area contributed by atoms with Crippen LogP contribution in [0.3, 0.4) is 0 Å². The van der Waals surface area contributed by atoms with Crippen molar-refractivity contribution in [1.29, 1.82) is 0 Å². The van der Waals surface area contributed by atoms with Gasteiger partial charge in [0.1, 0.15) is 0 Å². The van der Waals surface area contributed by atoms with E-state index < -0.39 is 5.51 Å². The Hall–Kier alpha value is -1.99. The summed E-state index contributed by atoms with van der Waals surface area (Å²) in [6, 6.07) is 15.6. The van der Waals surface area contributed by atoms with Crippen LogP contribution in [0, 0.1) is 18.8 Å². The maximum absolute atomic E-state index is 12.9. The lowest BCUT2D eigenvalue weighted by molar-refractivity contribution is -0.133. The van der Waals surface area contributed by atoms with Gasteiger partial charge in [-0.3, -0.25) is 4.79 Å². The van der Waals surface area contributed by atoms with Crippen LogP contribution in [-0.2, 0) is 17.6 Å². The average molecular weight is 533 g/mol. The smallest absolute Gasteiger partial charge is 0.342 e. The molecule has 0 N–H and O–H groups in total. The van der Waals surface area contributed by atoms with Crippen molar-refractivity contribution < 1.29 is 18.0 Å². The highest BCUT2D eigenvalue weighted by Gasteiger charge is 2.29. The van der Waals surface area contributed by atoms with Gasteiger partial charge in [-0.05, 0) is 118 Å². The maximum atomic E-state index is 12.9. The average Bonchev–Trinajstić information content (AvgIpc) is 2.87. The van der Waals surface area contributed by atoms with E-state index in [2.05, 4.69) is 36.1 Å². The van der Waals surface area contributed by atoms with Crippen molar-refractivity contribution in [2.45, 2.75) is 68.7 Å². The molecule has 0 unspecified atom stereocenters. The normalized spacial score (nSPS) is 19.8. The van der Waals surface area contributed by atoms with E-state index in [1.165, 1.54) is 30.4 Å². The zero-order chi connectivity index (χ0) is 26.3. The molecular weight excluding hydrogens is 493 g/mol. The fraction of sp³-hybridized carbons (Fsp3) is 0.567. The topological polar surface area (TPSA) is 23.6 Å². The number of thioether (sulfide) groups is 1. The number of aryl methyl sites for hydroxylation is 1. The highest BCUT2D eigenvalue weighted by atomic mass is 32.2. The summed E-state index contributed by atoms with van der Waals surface area (Å²) in [6.07, 6.45) is 7.97. The molecular formula is C30H39F3N2OS. The summed E-state index contributed by atoms with van der Waals surface area (Å²) in [4.78, 5) is 17.6. The van der Waals surface area contributed by atoms with Gasteiger partial charge in [0, 0.05) is 24.4 Å². The van der Waals surface area contributed by atoms with Crippen LogP contribution in [0.25, 0.3) is 0 Å². The third kappa shape index (κ3) is 9.36. The van der Waals surface area contributed by atoms with Gasteiger partial charge in [0.15, 0.2) is 0 Å². The number of piperidine rings is 2. The SMILES string of the molecule is Cc1ccc(CC2CCN(CCCC(=O)N3CCC[C@H](Cc4ccc(SC(F)(F)F)cc4)C3)CC2)cc1. The second-order valence-corrected chi connectivity index (χ2v) is 12.0. The fourth-order valence-electron chi connectivity index (χ4n) is 5.70. The quantitative estimate of drug-likeness (QED) is 0.321. The lowest BCUT2D eigenvalue weighted by Gasteiger charge is -2.34. The highest BCUT2D eigenvalue weighted by molar-refractivity contribution is 8.00. The van der Waals surface area contributed by atoms with Crippen LogP contribution in [0.1, 0.15) is 55.2 Å². The van der Waals surface area contributed by atoms with Crippen molar-refractivity contribution >= 4 is 17.7 Å². The summed E-state index contributed by atoms with van der Waals surface area (Å²) < 4.78 is 37.6. The minimum Gasteiger partial charge on any atom is -0.342 e. The second kappa shape index (κ2) is 13.2. The van der Waals surface area contributed by atoms with Crippen LogP contribution >= 0.6 is 11.8 Å². The van der Waals surface area contributed by atoms with E-state index >= 15 is 0 Å². The van der Waals surface area contributed by atoms with Gasteiger partial charge in [-0.15, -0.1) is 0 Å². The number of nitrogens with zero attached hydrogens (tertiary/aromatic N) is 2. The molecule has 2 aliphatic heterocycles. The summed E-state index contributed by atoms with van der Waals surface area (Å²) in [7, 11) is 0. The van der Waals surface area contributed by atoms with Crippen molar-refractivity contribution in [3.05, 3.63) is 65.2 Å². The molecule has 2 aromatic carbocycles. The molecule has 0 spiro atoms. The molecule has 2 heterocycles. The molecule has 3 nitrogen and oxygen atoms in total. The van der Waals surface area contributed by atoms with Gasteiger partial charge in [0.05, 0.1) is 0 Å². The maximum Gasteiger partial charge on any atom is 0.446 e. The van der Waals surface area contributed by atoms with E-state index in [0.29, 0.717) is 12.3 Å². The van der Waals surface area contributed by atoms with Gasteiger partial charge in [-0.25, -0.2) is 0 Å². The number of carbonyl (C=O) groups is 1. The Morgan fingerprint density at radius 2 is 1.51 bits per heavy atom. The predicted molar refractivity (Wildman–Crippen MR) is 145 cm³/mol. The van der Waals surface area contributed by atoms with E-state index in [1.54, 1.807) is 24.3 Å². The molecule has 1 atom stereocenters. The standard InChI is InChI=1S/C30H39F3N2OS/c1-23-6-8-24(9-7-23)20-26-14-18-34(19-15-26)16-3-5-29(36)35-17-2-4-27(22-35)21-25-10-12-28(13-11-25)37-30(31,32)33/h6-13,26-27H,2-5,14-22H2,1H3/t27-/m1/s1. The first-order valence-corrected chi connectivity index (χ1v) is 14.5. The van der Waals surface area contributed by atoms with Crippen molar-refractivity contribution in [2.24, 2.45) is 11.8 Å². The summed E-state index contributed by atoms with van der Waals surface area (Å²) in [5.74, 6) is 1.37. The Labute approximate surface area is 223 Å². The van der Waals surface area contributed by atoms with Crippen LogP contribution in [-0.4, -0.2) is 53.9 Å². The summed E-state index contributed by atoms with van der Waals surface area (Å²) in [6.45, 7) is 6.93. The van der Waals surface area contributed by atoms with Crippen LogP contribution < -0.4 is 0 Å². The molecule has 2 fully saturated rings. The van der Waals surface area contributed by atoms with E-state index in [-0.39, 0.29) is 22.6 Å². The van der Waals surface area contributed by atoms with E-state index in [9.17, 15) is 18.0 Å². The first-order chi connectivity index (χ1) is 17.7. The van der Waals surface area contributed by atoms with E-state index in [4.69, 9.17) is 0 Å². The molecule has 2 saturated heterocycles. The number of amides is 1. The number of carbonyl (C=O) groups excluding carboxylic acids is 1. The Balaban J connectivity index is 1.13. The first-order valence-electron chi connectivity index (χ1n) is 13.6. The number of rotatable bonds is 9. The molecule has 0 bridgehead atoms. The largest absolute Gasteiger partial charge is 0.446 e. The second-order valence-electron chi connectivity index (χ2n) is 10.8. The van der Waals surface area contributed by atoms with Crippen LogP contribution in [0.15, 0.2) is 53.4 Å².